The molecule has 3 aromatic rings. The number of benzene rings is 3. The minimum Gasteiger partial charge on any atom is -0.508 e. The number of likely N-dealkylation sites (tertiary alicyclic amines) is 1. The summed E-state index contributed by atoms with van der Waals surface area (Å²) < 4.78 is 0. The fourth-order valence-electron chi connectivity index (χ4n) is 8.35. The molecule has 1 heterocycles. The average Bonchev–Trinajstić information content (AvgIpc) is 3.91. The molecule has 1 aliphatic heterocycles. The Bertz CT molecular complexity index is 2700. The van der Waals surface area contributed by atoms with Crippen LogP contribution in [0.3, 0.4) is 0 Å². The number of fused-ring (bicyclic) bond motifs is 1. The van der Waals surface area contributed by atoms with Gasteiger partial charge in [0.1, 0.15) is 48.0 Å². The number of carbonyl (C=O) groups excluding carboxylic acids is 11. The van der Waals surface area contributed by atoms with Crippen LogP contribution in [0.1, 0.15) is 63.0 Å². The van der Waals surface area contributed by atoms with Gasteiger partial charge < -0.3 is 75.9 Å². The lowest BCUT2D eigenvalue weighted by Crippen LogP contribution is -2.61. The molecule has 1 saturated heterocycles. The lowest BCUT2D eigenvalue weighted by molar-refractivity contribution is -0.142. The van der Waals surface area contributed by atoms with E-state index < -0.39 is 138 Å². The number of nitrogens with zero attached hydrogens (tertiary/aromatic N) is 2. The summed E-state index contributed by atoms with van der Waals surface area (Å²) in [6.45, 7) is 1.11. The van der Waals surface area contributed by atoms with Crippen molar-refractivity contribution in [1.82, 2.24) is 42.1 Å². The molecule has 4 rings (SSSR count). The quantitative estimate of drug-likeness (QED) is 0.0132. The Hall–Kier alpha value is -8.14. The standard InChI is InChI=1S/C50H68N14O12S2/c1-26(78)42(69)60-34(21-27-13-15-30(65)16-14-27)45(72)61-35(22-29-9-4-8-28-7-2-3-10-31(28)29)46(73)58-33(17-18-39(51)66)44(71)62-36(23-40(52)67)47(74)63-37(25-77)49(76)64-20-6-12-38(64)48(75)59-32(11-5-19-56-50(54)55)43(70)57-24-41(53)68/h2-4,7-10,13-16,26,32-38,65,77-78H,5-6,11-12,17-25H2,1H3,(H2,51,66)(H2,52,67)(H2,53,68)(H,57,70)(H,58,73)(H,59,75)(H,60,69)(H,61,72)(H,62,71)(H,63,74)(H4,54,55,56)/t26?,32-,33+,34+,35+,36+,37+,38+/m1/s1. The third kappa shape index (κ3) is 19.8. The average molecular weight is 1120 g/mol. The second-order valence-electron chi connectivity index (χ2n) is 18.4. The predicted molar refractivity (Wildman–Crippen MR) is 292 cm³/mol. The van der Waals surface area contributed by atoms with Crippen molar-refractivity contribution >= 4 is 107 Å². The predicted octanol–water partition coefficient (Wildman–Crippen LogP) is -3.73. The van der Waals surface area contributed by atoms with Crippen molar-refractivity contribution in [3.05, 3.63) is 77.9 Å². The number of aliphatic imine (C=N–C) groups is 1. The first-order valence-electron chi connectivity index (χ1n) is 24.8. The Balaban J connectivity index is 1.58. The van der Waals surface area contributed by atoms with Gasteiger partial charge in [-0.2, -0.15) is 25.3 Å². The maximum absolute atomic E-state index is 14.6. The SMILES string of the molecule is CC(S)C(=O)N[C@@H](Cc1ccc(O)cc1)C(=O)N[C@@H](Cc1cccc2ccccc12)C(=O)N[C@@H](CCC(N)=O)C(=O)N[C@@H](CC(N)=O)C(=O)N[C@@H](CS)C(=O)N1CCC[C@H]1C(=O)N[C@H](CCCN=C(N)N)C(=O)NCC(N)=O. The molecule has 3 aromatic carbocycles. The summed E-state index contributed by atoms with van der Waals surface area (Å²) in [5.74, 6) is -10.3. The molecule has 422 valence electrons. The summed E-state index contributed by atoms with van der Waals surface area (Å²) in [6.07, 6.45) is -1.31. The molecule has 18 N–H and O–H groups in total. The molecule has 8 atom stereocenters. The lowest BCUT2D eigenvalue weighted by atomic mass is 9.97. The number of phenolic OH excluding ortho intramolecular Hbond substituents is 1. The maximum Gasteiger partial charge on any atom is 0.246 e. The molecule has 1 unspecified atom stereocenters. The second kappa shape index (κ2) is 30.6. The van der Waals surface area contributed by atoms with Gasteiger partial charge in [-0.1, -0.05) is 54.6 Å². The zero-order chi connectivity index (χ0) is 57.6. The van der Waals surface area contributed by atoms with Gasteiger partial charge in [0.15, 0.2) is 5.96 Å². The number of phenols is 1. The number of primary amides is 3. The van der Waals surface area contributed by atoms with E-state index in [-0.39, 0.29) is 62.7 Å². The van der Waals surface area contributed by atoms with Crippen LogP contribution in [0.4, 0.5) is 0 Å². The highest BCUT2D eigenvalue weighted by atomic mass is 32.1. The molecule has 0 aromatic heterocycles. The van der Waals surface area contributed by atoms with E-state index in [0.717, 1.165) is 10.8 Å². The molecular formula is C50H68N14O12S2. The lowest BCUT2D eigenvalue weighted by Gasteiger charge is -2.30. The van der Waals surface area contributed by atoms with Crippen LogP contribution in [0.15, 0.2) is 71.7 Å². The van der Waals surface area contributed by atoms with E-state index in [2.05, 4.69) is 67.5 Å². The maximum atomic E-state index is 14.6. The van der Waals surface area contributed by atoms with Gasteiger partial charge >= 0.3 is 0 Å². The highest BCUT2D eigenvalue weighted by molar-refractivity contribution is 7.81. The molecule has 0 saturated carbocycles. The van der Waals surface area contributed by atoms with Gasteiger partial charge in [0, 0.05) is 38.1 Å². The van der Waals surface area contributed by atoms with Crippen molar-refractivity contribution in [1.29, 1.82) is 0 Å². The van der Waals surface area contributed by atoms with Crippen LogP contribution in [0.25, 0.3) is 10.8 Å². The zero-order valence-corrected chi connectivity index (χ0v) is 44.6. The molecule has 0 radical (unpaired) electrons. The van der Waals surface area contributed by atoms with Crippen LogP contribution in [0, 0.1) is 0 Å². The van der Waals surface area contributed by atoms with E-state index in [9.17, 15) is 57.8 Å². The van der Waals surface area contributed by atoms with Crippen molar-refractivity contribution in [2.45, 2.75) is 112 Å². The summed E-state index contributed by atoms with van der Waals surface area (Å²) in [6, 6.07) is 8.34. The van der Waals surface area contributed by atoms with E-state index in [4.69, 9.17) is 28.7 Å². The number of amides is 11. The molecule has 28 heteroatoms. The van der Waals surface area contributed by atoms with E-state index in [1.807, 2.05) is 18.2 Å². The zero-order valence-electron chi connectivity index (χ0n) is 42.8. The van der Waals surface area contributed by atoms with Crippen LogP contribution in [0.5, 0.6) is 5.75 Å². The summed E-state index contributed by atoms with van der Waals surface area (Å²) >= 11 is 8.46. The number of nitrogens with one attached hydrogen (secondary N) is 7. The minimum absolute atomic E-state index is 0.0200. The van der Waals surface area contributed by atoms with E-state index in [1.165, 1.54) is 24.0 Å². The third-order valence-electron chi connectivity index (χ3n) is 12.3. The topological polar surface area (TPSA) is 438 Å². The normalized spacial score (nSPS) is 15.6. The Morgan fingerprint density at radius 3 is 1.86 bits per heavy atom. The van der Waals surface area contributed by atoms with Crippen molar-refractivity contribution < 1.29 is 57.8 Å². The number of thiol groups is 2. The first-order chi connectivity index (χ1) is 37.0. The molecule has 0 bridgehead atoms. The van der Waals surface area contributed by atoms with Gasteiger partial charge in [0.2, 0.25) is 65.0 Å². The monoisotopic (exact) mass is 1120 g/mol. The summed E-state index contributed by atoms with van der Waals surface area (Å²) in [5.41, 5.74) is 28.1. The molecule has 1 fully saturated rings. The fourth-order valence-corrected chi connectivity index (χ4v) is 8.67. The molecule has 0 aliphatic carbocycles. The van der Waals surface area contributed by atoms with Gasteiger partial charge in [0.25, 0.3) is 0 Å². The number of hydrogen-bond donors (Lipinski definition) is 15. The molecule has 26 nitrogen and oxygen atoms in total. The molecule has 11 amide bonds. The minimum atomic E-state index is -1.81. The second-order valence-corrected chi connectivity index (χ2v) is 19.6. The first kappa shape index (κ1) is 62.4. The van der Waals surface area contributed by atoms with Gasteiger partial charge in [-0.25, -0.2) is 0 Å². The number of rotatable bonds is 30. The Morgan fingerprint density at radius 1 is 0.654 bits per heavy atom. The first-order valence-corrected chi connectivity index (χ1v) is 26.0. The molecule has 1 aliphatic rings. The van der Waals surface area contributed by atoms with Crippen LogP contribution >= 0.6 is 25.3 Å². The van der Waals surface area contributed by atoms with Crippen molar-refractivity contribution in [2.75, 3.05) is 25.4 Å². The van der Waals surface area contributed by atoms with Gasteiger partial charge in [0.05, 0.1) is 18.2 Å². The highest BCUT2D eigenvalue weighted by Crippen LogP contribution is 2.22. The van der Waals surface area contributed by atoms with Crippen molar-refractivity contribution in [3.8, 4) is 5.75 Å². The van der Waals surface area contributed by atoms with Crippen molar-refractivity contribution in [2.24, 2.45) is 33.7 Å². The van der Waals surface area contributed by atoms with E-state index in [0.29, 0.717) is 17.5 Å². The third-order valence-corrected chi connectivity index (χ3v) is 12.9. The van der Waals surface area contributed by atoms with E-state index in [1.54, 1.807) is 36.4 Å². The Labute approximate surface area is 460 Å². The molecule has 0 spiro atoms. The van der Waals surface area contributed by atoms with Gasteiger partial charge in [-0.15, -0.1) is 0 Å². The fraction of sp³-hybridized carbons (Fsp3) is 0.440. The number of guanidine groups is 1. The number of carbonyl (C=O) groups is 11. The van der Waals surface area contributed by atoms with Crippen LogP contribution < -0.4 is 65.9 Å². The van der Waals surface area contributed by atoms with Crippen LogP contribution in [-0.2, 0) is 65.6 Å². The van der Waals surface area contributed by atoms with Crippen molar-refractivity contribution in [3.63, 3.8) is 0 Å². The van der Waals surface area contributed by atoms with Crippen LogP contribution in [-0.4, -0.2) is 154 Å². The Morgan fingerprint density at radius 2 is 1.23 bits per heavy atom. The molecule has 78 heavy (non-hydrogen) atoms. The highest BCUT2D eigenvalue weighted by Gasteiger charge is 2.40. The van der Waals surface area contributed by atoms with Crippen LogP contribution in [0.2, 0.25) is 0 Å². The van der Waals surface area contributed by atoms with E-state index >= 15 is 0 Å². The van der Waals surface area contributed by atoms with Gasteiger partial charge in [-0.05, 0) is 73.1 Å². The summed E-state index contributed by atoms with van der Waals surface area (Å²) in [4.78, 5) is 152. The number of aromatic hydroxyl groups is 1. The van der Waals surface area contributed by atoms with Gasteiger partial charge in [-0.3, -0.25) is 57.7 Å². The smallest absolute Gasteiger partial charge is 0.246 e. The largest absolute Gasteiger partial charge is 0.508 e. The summed E-state index contributed by atoms with van der Waals surface area (Å²) in [7, 11) is 0. The summed E-state index contributed by atoms with van der Waals surface area (Å²) in [5, 5.41) is 28.2. The molecular weight excluding hydrogens is 1050 g/mol. The number of hydrogen-bond acceptors (Lipinski definition) is 15. The number of nitrogens with two attached hydrogens (primary N) is 5. The Kier molecular flexibility index (Phi) is 24.4.